The summed E-state index contributed by atoms with van der Waals surface area (Å²) in [4.78, 5) is 13.5. The van der Waals surface area contributed by atoms with Gasteiger partial charge in [-0.05, 0) is 46.2 Å². The van der Waals surface area contributed by atoms with Crippen LogP contribution in [0.2, 0.25) is 0 Å². The smallest absolute Gasteiger partial charge is 0.235 e. The molecular formula is C20H24N4O2. The Labute approximate surface area is 154 Å². The first-order valence-electron chi connectivity index (χ1n) is 8.50. The van der Waals surface area contributed by atoms with Crippen LogP contribution in [-0.4, -0.2) is 39.5 Å². The zero-order valence-electron chi connectivity index (χ0n) is 15.9. The van der Waals surface area contributed by atoms with Gasteiger partial charge in [0.1, 0.15) is 18.0 Å². The zero-order valence-corrected chi connectivity index (χ0v) is 15.9. The SMILES string of the molecule is CC/N=C(/c1cnc(OCC(C)(C)O)c(C)n1)c1cccc(C#N)c1C. The predicted molar refractivity (Wildman–Crippen MR) is 101 cm³/mol. The maximum atomic E-state index is 9.79. The topological polar surface area (TPSA) is 91.4 Å². The first kappa shape index (κ1) is 19.5. The monoisotopic (exact) mass is 352 g/mol. The number of rotatable bonds is 6. The molecule has 2 rings (SSSR count). The van der Waals surface area contributed by atoms with E-state index in [0.717, 1.165) is 11.1 Å². The third kappa shape index (κ3) is 4.64. The Morgan fingerprint density at radius 3 is 2.65 bits per heavy atom. The van der Waals surface area contributed by atoms with E-state index < -0.39 is 5.60 Å². The summed E-state index contributed by atoms with van der Waals surface area (Å²) in [5.41, 5.74) is 3.33. The van der Waals surface area contributed by atoms with Crippen LogP contribution in [0.4, 0.5) is 0 Å². The van der Waals surface area contributed by atoms with E-state index in [1.165, 1.54) is 0 Å². The number of nitriles is 1. The fraction of sp³-hybridized carbons (Fsp3) is 0.400. The number of ether oxygens (including phenoxy) is 1. The number of hydrogen-bond donors (Lipinski definition) is 1. The maximum absolute atomic E-state index is 9.79. The van der Waals surface area contributed by atoms with Gasteiger partial charge in [-0.25, -0.2) is 9.97 Å². The Bertz CT molecular complexity index is 861. The van der Waals surface area contributed by atoms with Crippen molar-refractivity contribution < 1.29 is 9.84 Å². The molecule has 0 aliphatic carbocycles. The highest BCUT2D eigenvalue weighted by Crippen LogP contribution is 2.20. The zero-order chi connectivity index (χ0) is 19.3. The molecule has 0 saturated carbocycles. The van der Waals surface area contributed by atoms with Gasteiger partial charge in [0.25, 0.3) is 0 Å². The number of benzene rings is 1. The van der Waals surface area contributed by atoms with Crippen molar-refractivity contribution in [3.63, 3.8) is 0 Å². The molecule has 0 radical (unpaired) electrons. The minimum Gasteiger partial charge on any atom is -0.473 e. The summed E-state index contributed by atoms with van der Waals surface area (Å²) >= 11 is 0. The van der Waals surface area contributed by atoms with Gasteiger partial charge in [0.05, 0.1) is 29.1 Å². The molecule has 0 amide bonds. The predicted octanol–water partition coefficient (Wildman–Crippen LogP) is 2.97. The van der Waals surface area contributed by atoms with Gasteiger partial charge in [0.2, 0.25) is 5.88 Å². The second kappa shape index (κ2) is 8.07. The highest BCUT2D eigenvalue weighted by atomic mass is 16.5. The van der Waals surface area contributed by atoms with E-state index in [4.69, 9.17) is 4.74 Å². The molecule has 0 bridgehead atoms. The third-order valence-corrected chi connectivity index (χ3v) is 3.73. The molecule has 6 heteroatoms. The van der Waals surface area contributed by atoms with E-state index in [9.17, 15) is 10.4 Å². The molecule has 0 spiro atoms. The van der Waals surface area contributed by atoms with Gasteiger partial charge in [-0.2, -0.15) is 5.26 Å². The third-order valence-electron chi connectivity index (χ3n) is 3.73. The molecule has 0 unspecified atom stereocenters. The van der Waals surface area contributed by atoms with Crippen LogP contribution in [0.5, 0.6) is 5.88 Å². The fourth-order valence-electron chi connectivity index (χ4n) is 2.45. The summed E-state index contributed by atoms with van der Waals surface area (Å²) in [6.07, 6.45) is 1.61. The molecule has 0 aliphatic heterocycles. The number of aryl methyl sites for hydroxylation is 1. The van der Waals surface area contributed by atoms with Crippen LogP contribution >= 0.6 is 0 Å². The van der Waals surface area contributed by atoms with Crippen molar-refractivity contribution in [2.24, 2.45) is 4.99 Å². The van der Waals surface area contributed by atoms with Crippen LogP contribution in [0.25, 0.3) is 0 Å². The molecule has 0 saturated heterocycles. The number of aromatic nitrogens is 2. The average molecular weight is 352 g/mol. The normalized spacial score (nSPS) is 12.0. The van der Waals surface area contributed by atoms with Gasteiger partial charge >= 0.3 is 0 Å². The van der Waals surface area contributed by atoms with Crippen LogP contribution < -0.4 is 4.74 Å². The lowest BCUT2D eigenvalue weighted by Gasteiger charge is -2.18. The van der Waals surface area contributed by atoms with E-state index in [1.54, 1.807) is 33.0 Å². The second-order valence-electron chi connectivity index (χ2n) is 6.66. The van der Waals surface area contributed by atoms with E-state index in [1.807, 2.05) is 26.0 Å². The lowest BCUT2D eigenvalue weighted by atomic mass is 9.98. The standard InChI is InChI=1S/C20H24N4O2/c1-6-22-18(16-9-7-8-15(10-21)13(16)2)17-11-23-19(14(3)24-17)26-12-20(4,5)25/h7-9,11,25H,6,12H2,1-5H3/b22-18+. The molecule has 0 fully saturated rings. The molecule has 1 aromatic heterocycles. The molecular weight excluding hydrogens is 328 g/mol. The summed E-state index contributed by atoms with van der Waals surface area (Å²) in [5.74, 6) is 0.384. The van der Waals surface area contributed by atoms with Crippen molar-refractivity contribution in [1.82, 2.24) is 9.97 Å². The van der Waals surface area contributed by atoms with Gasteiger partial charge in [-0.3, -0.25) is 4.99 Å². The van der Waals surface area contributed by atoms with Gasteiger partial charge in [-0.1, -0.05) is 12.1 Å². The molecule has 0 aliphatic rings. The summed E-state index contributed by atoms with van der Waals surface area (Å²) in [6.45, 7) is 9.70. The van der Waals surface area contributed by atoms with Gasteiger partial charge < -0.3 is 9.84 Å². The molecule has 1 N–H and O–H groups in total. The summed E-state index contributed by atoms with van der Waals surface area (Å²) in [5, 5.41) is 19.1. The van der Waals surface area contributed by atoms with Crippen LogP contribution in [0.15, 0.2) is 29.4 Å². The molecule has 2 aromatic rings. The summed E-state index contributed by atoms with van der Waals surface area (Å²) < 4.78 is 5.56. The number of nitrogens with zero attached hydrogens (tertiary/aromatic N) is 4. The lowest BCUT2D eigenvalue weighted by molar-refractivity contribution is 0.0264. The Kier molecular flexibility index (Phi) is 6.06. The quantitative estimate of drug-likeness (QED) is 0.807. The highest BCUT2D eigenvalue weighted by Gasteiger charge is 2.18. The molecule has 26 heavy (non-hydrogen) atoms. The van der Waals surface area contributed by atoms with Crippen molar-refractivity contribution in [2.45, 2.75) is 40.2 Å². The number of aliphatic imine (C=N–C) groups is 1. The molecule has 1 aromatic carbocycles. The summed E-state index contributed by atoms with van der Waals surface area (Å²) in [6, 6.07) is 7.76. The van der Waals surface area contributed by atoms with Gasteiger partial charge in [0.15, 0.2) is 0 Å². The lowest BCUT2D eigenvalue weighted by Crippen LogP contribution is -2.28. The van der Waals surface area contributed by atoms with Crippen LogP contribution in [0.1, 0.15) is 48.8 Å². The largest absolute Gasteiger partial charge is 0.473 e. The Balaban J connectivity index is 2.42. The summed E-state index contributed by atoms with van der Waals surface area (Å²) in [7, 11) is 0. The van der Waals surface area contributed by atoms with Crippen molar-refractivity contribution in [2.75, 3.05) is 13.2 Å². The van der Waals surface area contributed by atoms with Crippen molar-refractivity contribution in [3.8, 4) is 11.9 Å². The van der Waals surface area contributed by atoms with Crippen molar-refractivity contribution in [1.29, 1.82) is 5.26 Å². The van der Waals surface area contributed by atoms with Gasteiger partial charge in [0, 0.05) is 12.1 Å². The highest BCUT2D eigenvalue weighted by molar-refractivity contribution is 6.12. The van der Waals surface area contributed by atoms with E-state index in [2.05, 4.69) is 21.0 Å². The minimum atomic E-state index is -0.948. The van der Waals surface area contributed by atoms with Crippen LogP contribution in [0, 0.1) is 25.2 Å². The van der Waals surface area contributed by atoms with Crippen LogP contribution in [0.3, 0.4) is 0 Å². The van der Waals surface area contributed by atoms with E-state index in [-0.39, 0.29) is 6.61 Å². The van der Waals surface area contributed by atoms with Crippen molar-refractivity contribution >= 4 is 5.71 Å². The van der Waals surface area contributed by atoms with E-state index in [0.29, 0.717) is 35.1 Å². The van der Waals surface area contributed by atoms with Crippen LogP contribution in [-0.2, 0) is 0 Å². The Morgan fingerprint density at radius 1 is 1.35 bits per heavy atom. The first-order chi connectivity index (χ1) is 12.3. The molecule has 136 valence electrons. The molecule has 1 heterocycles. The molecule has 0 atom stereocenters. The Morgan fingerprint density at radius 2 is 2.08 bits per heavy atom. The first-order valence-corrected chi connectivity index (χ1v) is 8.50. The molecule has 6 nitrogen and oxygen atoms in total. The van der Waals surface area contributed by atoms with Crippen molar-refractivity contribution in [3.05, 3.63) is 52.5 Å². The number of hydrogen-bond acceptors (Lipinski definition) is 6. The average Bonchev–Trinajstić information content (AvgIpc) is 2.58. The minimum absolute atomic E-state index is 0.126. The fourth-order valence-corrected chi connectivity index (χ4v) is 2.45. The Hall–Kier alpha value is -2.78. The maximum Gasteiger partial charge on any atom is 0.235 e. The second-order valence-corrected chi connectivity index (χ2v) is 6.66. The van der Waals surface area contributed by atoms with E-state index >= 15 is 0 Å². The number of aliphatic hydroxyl groups is 1. The van der Waals surface area contributed by atoms with Gasteiger partial charge in [-0.15, -0.1) is 0 Å².